The van der Waals surface area contributed by atoms with Crippen molar-refractivity contribution in [1.82, 2.24) is 20.3 Å². The molecular formula is C16H26N4O2. The normalized spacial score (nSPS) is 15.7. The van der Waals surface area contributed by atoms with Crippen molar-refractivity contribution in [1.29, 1.82) is 0 Å². The molecule has 6 nitrogen and oxygen atoms in total. The zero-order valence-corrected chi connectivity index (χ0v) is 14.2. The Labute approximate surface area is 131 Å². The van der Waals surface area contributed by atoms with Crippen molar-refractivity contribution in [3.8, 4) is 0 Å². The van der Waals surface area contributed by atoms with E-state index in [1.165, 1.54) is 0 Å². The Kier molecular flexibility index (Phi) is 5.69. The Hall–Kier alpha value is -1.72. The van der Waals surface area contributed by atoms with Crippen molar-refractivity contribution in [2.75, 3.05) is 0 Å². The van der Waals surface area contributed by atoms with Gasteiger partial charge in [-0.05, 0) is 19.3 Å². The lowest BCUT2D eigenvalue weighted by atomic mass is 9.98. The summed E-state index contributed by atoms with van der Waals surface area (Å²) in [7, 11) is 0. The van der Waals surface area contributed by atoms with Gasteiger partial charge in [0, 0.05) is 24.2 Å². The van der Waals surface area contributed by atoms with Gasteiger partial charge in [-0.3, -0.25) is 0 Å². The summed E-state index contributed by atoms with van der Waals surface area (Å²) >= 11 is 0. The fraction of sp³-hybridized carbons (Fsp3) is 0.750. The third kappa shape index (κ3) is 3.93. The Bertz CT molecular complexity index is 578. The fourth-order valence-electron chi connectivity index (χ4n) is 2.19. The maximum absolute atomic E-state index is 5.61. The highest BCUT2D eigenvalue weighted by Gasteiger charge is 2.20. The summed E-state index contributed by atoms with van der Waals surface area (Å²) in [6, 6.07) is 0. The smallest absolute Gasteiger partial charge is 0.229 e. The zero-order valence-electron chi connectivity index (χ0n) is 14.2. The van der Waals surface area contributed by atoms with Crippen LogP contribution < -0.4 is 0 Å². The highest BCUT2D eigenvalue weighted by atomic mass is 16.5. The third-order valence-corrected chi connectivity index (χ3v) is 4.17. The first-order valence-electron chi connectivity index (χ1n) is 8.20. The van der Waals surface area contributed by atoms with Crippen molar-refractivity contribution in [2.24, 2.45) is 0 Å². The lowest BCUT2D eigenvalue weighted by Crippen LogP contribution is -2.00. The summed E-state index contributed by atoms with van der Waals surface area (Å²) < 4.78 is 11.0. The molecule has 0 radical (unpaired) electrons. The molecular weight excluding hydrogens is 280 g/mol. The van der Waals surface area contributed by atoms with Crippen molar-refractivity contribution in [3.05, 3.63) is 23.5 Å². The number of hydrogen-bond donors (Lipinski definition) is 0. The number of aromatic nitrogens is 4. The molecule has 122 valence electrons. The minimum Gasteiger partial charge on any atom is -0.425 e. The largest absolute Gasteiger partial charge is 0.425 e. The van der Waals surface area contributed by atoms with E-state index in [-0.39, 0.29) is 11.8 Å². The first kappa shape index (κ1) is 16.6. The van der Waals surface area contributed by atoms with E-state index < -0.39 is 0 Å². The van der Waals surface area contributed by atoms with E-state index >= 15 is 0 Å². The van der Waals surface area contributed by atoms with Gasteiger partial charge in [0.25, 0.3) is 0 Å². The van der Waals surface area contributed by atoms with E-state index in [9.17, 15) is 0 Å². The van der Waals surface area contributed by atoms with Gasteiger partial charge in [0.15, 0.2) is 5.82 Å². The summed E-state index contributed by atoms with van der Waals surface area (Å²) in [6.45, 7) is 10.5. The molecule has 0 aromatic carbocycles. The van der Waals surface area contributed by atoms with Crippen LogP contribution >= 0.6 is 0 Å². The standard InChI is InChI=1S/C16H26N4O2/c1-6-10(3)14-17-15(22-20-14)11(4)8-9-12(5)16-19-18-13(7-2)21-16/h10-12H,6-9H2,1-5H3. The molecule has 22 heavy (non-hydrogen) atoms. The van der Waals surface area contributed by atoms with Crippen LogP contribution in [0, 0.1) is 0 Å². The van der Waals surface area contributed by atoms with Gasteiger partial charge in [0.05, 0.1) is 0 Å². The van der Waals surface area contributed by atoms with Crippen LogP contribution in [-0.4, -0.2) is 20.3 Å². The molecule has 0 aliphatic heterocycles. The second-order valence-corrected chi connectivity index (χ2v) is 6.07. The molecule has 2 aromatic rings. The molecule has 2 aromatic heterocycles. The molecule has 3 atom stereocenters. The minimum atomic E-state index is 0.237. The number of hydrogen-bond acceptors (Lipinski definition) is 6. The van der Waals surface area contributed by atoms with Gasteiger partial charge < -0.3 is 8.94 Å². The minimum absolute atomic E-state index is 0.237. The maximum atomic E-state index is 5.61. The maximum Gasteiger partial charge on any atom is 0.229 e. The van der Waals surface area contributed by atoms with E-state index in [1.807, 2.05) is 6.92 Å². The van der Waals surface area contributed by atoms with Gasteiger partial charge >= 0.3 is 0 Å². The summed E-state index contributed by atoms with van der Waals surface area (Å²) in [5.74, 6) is 3.77. The molecule has 6 heteroatoms. The van der Waals surface area contributed by atoms with Gasteiger partial charge in [0.2, 0.25) is 17.7 Å². The monoisotopic (exact) mass is 306 g/mol. The average Bonchev–Trinajstić information content (AvgIpc) is 3.20. The highest BCUT2D eigenvalue weighted by molar-refractivity contribution is 4.97. The molecule has 0 spiro atoms. The molecule has 0 saturated carbocycles. The summed E-state index contributed by atoms with van der Waals surface area (Å²) in [5.41, 5.74) is 0. The van der Waals surface area contributed by atoms with Crippen molar-refractivity contribution < 1.29 is 8.94 Å². The van der Waals surface area contributed by atoms with Gasteiger partial charge in [0.1, 0.15) is 0 Å². The summed E-state index contributed by atoms with van der Waals surface area (Å²) in [5, 5.41) is 12.2. The van der Waals surface area contributed by atoms with Crippen molar-refractivity contribution >= 4 is 0 Å². The molecule has 0 fully saturated rings. The van der Waals surface area contributed by atoms with Gasteiger partial charge in [-0.15, -0.1) is 10.2 Å². The van der Waals surface area contributed by atoms with Crippen LogP contribution in [0.15, 0.2) is 8.94 Å². The molecule has 0 saturated heterocycles. The Balaban J connectivity index is 1.89. The fourth-order valence-corrected chi connectivity index (χ4v) is 2.19. The SMILES string of the molecule is CCc1nnc(C(C)CCC(C)c2nc(C(C)CC)no2)o1. The van der Waals surface area contributed by atoms with E-state index in [1.54, 1.807) is 0 Å². The lowest BCUT2D eigenvalue weighted by Gasteiger charge is -2.09. The number of aryl methyl sites for hydroxylation is 1. The molecule has 2 rings (SSSR count). The van der Waals surface area contributed by atoms with Gasteiger partial charge in [-0.2, -0.15) is 4.98 Å². The average molecular weight is 306 g/mol. The first-order chi connectivity index (χ1) is 10.5. The van der Waals surface area contributed by atoms with Crippen molar-refractivity contribution in [2.45, 2.75) is 78.1 Å². The molecule has 2 heterocycles. The molecule has 0 N–H and O–H groups in total. The molecule has 0 bridgehead atoms. The number of rotatable bonds is 8. The topological polar surface area (TPSA) is 77.8 Å². The highest BCUT2D eigenvalue weighted by Crippen LogP contribution is 2.27. The van der Waals surface area contributed by atoms with Gasteiger partial charge in [-0.25, -0.2) is 0 Å². The third-order valence-electron chi connectivity index (χ3n) is 4.17. The second-order valence-electron chi connectivity index (χ2n) is 6.07. The molecule has 0 aliphatic carbocycles. The van der Waals surface area contributed by atoms with Crippen LogP contribution in [0.5, 0.6) is 0 Å². The summed E-state index contributed by atoms with van der Waals surface area (Å²) in [6.07, 6.45) is 3.69. The zero-order chi connectivity index (χ0) is 16.1. The van der Waals surface area contributed by atoms with Gasteiger partial charge in [-0.1, -0.05) is 39.8 Å². The molecule has 0 aliphatic rings. The van der Waals surface area contributed by atoms with Crippen LogP contribution in [0.3, 0.4) is 0 Å². The van der Waals surface area contributed by atoms with E-state index in [0.29, 0.717) is 11.8 Å². The Morgan fingerprint density at radius 3 is 2.18 bits per heavy atom. The first-order valence-corrected chi connectivity index (χ1v) is 8.20. The van der Waals surface area contributed by atoms with Crippen LogP contribution in [0.25, 0.3) is 0 Å². The second kappa shape index (κ2) is 7.51. The van der Waals surface area contributed by atoms with Crippen LogP contribution in [0.2, 0.25) is 0 Å². The van der Waals surface area contributed by atoms with Crippen LogP contribution in [0.4, 0.5) is 0 Å². The lowest BCUT2D eigenvalue weighted by molar-refractivity contribution is 0.338. The number of nitrogens with zero attached hydrogens (tertiary/aromatic N) is 4. The molecule has 0 amide bonds. The predicted molar refractivity (Wildman–Crippen MR) is 82.7 cm³/mol. The van der Waals surface area contributed by atoms with Crippen molar-refractivity contribution in [3.63, 3.8) is 0 Å². The predicted octanol–water partition coefficient (Wildman–Crippen LogP) is 4.22. The van der Waals surface area contributed by atoms with Crippen LogP contribution in [-0.2, 0) is 6.42 Å². The van der Waals surface area contributed by atoms with E-state index in [2.05, 4.69) is 48.0 Å². The summed E-state index contributed by atoms with van der Waals surface area (Å²) in [4.78, 5) is 4.52. The molecule has 3 unspecified atom stereocenters. The Morgan fingerprint density at radius 2 is 1.59 bits per heavy atom. The van der Waals surface area contributed by atoms with Crippen LogP contribution in [0.1, 0.15) is 95.1 Å². The Morgan fingerprint density at radius 1 is 0.909 bits per heavy atom. The quantitative estimate of drug-likeness (QED) is 0.726. The van der Waals surface area contributed by atoms with E-state index in [0.717, 1.165) is 43.3 Å². The van der Waals surface area contributed by atoms with E-state index in [4.69, 9.17) is 8.94 Å².